The van der Waals surface area contributed by atoms with E-state index in [4.69, 9.17) is 0 Å². The molecule has 1 atom stereocenters. The number of carbonyl (C=O) groups excluding carboxylic acids is 1. The highest BCUT2D eigenvalue weighted by Crippen LogP contribution is 2.18. The van der Waals surface area contributed by atoms with Gasteiger partial charge in [0.2, 0.25) is 0 Å². The molecule has 1 aliphatic heterocycles. The Bertz CT molecular complexity index is 534. The standard InChI is InChI=1S/C12H15N3OS2/c1-14-2-4-17-8-10(14)11(16)6-9-7-15-3-5-18-12(15)13-9/h3,5,7,10H,2,4,6,8H2,1H3. The Morgan fingerprint density at radius 1 is 1.61 bits per heavy atom. The number of ketones is 1. The number of likely N-dealkylation sites (N-methyl/N-ethyl adjacent to an activating group) is 1. The summed E-state index contributed by atoms with van der Waals surface area (Å²) in [6, 6.07) is 0.0588. The van der Waals surface area contributed by atoms with Crippen LogP contribution in [0.1, 0.15) is 5.69 Å². The summed E-state index contributed by atoms with van der Waals surface area (Å²) in [6.07, 6.45) is 4.38. The van der Waals surface area contributed by atoms with Crippen LogP contribution >= 0.6 is 23.1 Å². The van der Waals surface area contributed by atoms with Gasteiger partial charge in [-0.15, -0.1) is 11.3 Å². The fraction of sp³-hybridized carbons (Fsp3) is 0.500. The number of carbonyl (C=O) groups is 1. The lowest BCUT2D eigenvalue weighted by Gasteiger charge is -2.30. The molecule has 96 valence electrons. The fourth-order valence-electron chi connectivity index (χ4n) is 2.18. The third-order valence-corrected chi connectivity index (χ3v) is 5.06. The van der Waals surface area contributed by atoms with E-state index in [0.29, 0.717) is 6.42 Å². The van der Waals surface area contributed by atoms with E-state index >= 15 is 0 Å². The van der Waals surface area contributed by atoms with Crippen molar-refractivity contribution in [2.24, 2.45) is 0 Å². The molecule has 0 saturated carbocycles. The second-order valence-electron chi connectivity index (χ2n) is 4.54. The lowest BCUT2D eigenvalue weighted by molar-refractivity contribution is -0.122. The molecule has 0 N–H and O–H groups in total. The Kier molecular flexibility index (Phi) is 3.41. The van der Waals surface area contributed by atoms with Crippen molar-refractivity contribution in [3.63, 3.8) is 0 Å². The van der Waals surface area contributed by atoms with Crippen LogP contribution in [0.25, 0.3) is 4.96 Å². The van der Waals surface area contributed by atoms with Crippen molar-refractivity contribution in [3.05, 3.63) is 23.5 Å². The molecule has 1 fully saturated rings. The van der Waals surface area contributed by atoms with Gasteiger partial charge < -0.3 is 0 Å². The number of hydrogen-bond acceptors (Lipinski definition) is 5. The van der Waals surface area contributed by atoms with Gasteiger partial charge in [0.15, 0.2) is 10.7 Å². The van der Waals surface area contributed by atoms with Crippen molar-refractivity contribution in [1.29, 1.82) is 0 Å². The summed E-state index contributed by atoms with van der Waals surface area (Å²) in [5, 5.41) is 2.00. The molecule has 4 nitrogen and oxygen atoms in total. The number of fused-ring (bicyclic) bond motifs is 1. The van der Waals surface area contributed by atoms with Crippen molar-refractivity contribution in [3.8, 4) is 0 Å². The van der Waals surface area contributed by atoms with Gasteiger partial charge in [-0.2, -0.15) is 11.8 Å². The molecule has 0 radical (unpaired) electrons. The van der Waals surface area contributed by atoms with E-state index in [2.05, 4.69) is 9.88 Å². The molecule has 6 heteroatoms. The first-order chi connectivity index (χ1) is 8.74. The largest absolute Gasteiger partial charge is 0.297 e. The van der Waals surface area contributed by atoms with Gasteiger partial charge in [-0.1, -0.05) is 0 Å². The third-order valence-electron chi connectivity index (χ3n) is 3.27. The van der Waals surface area contributed by atoms with Gasteiger partial charge in [-0.25, -0.2) is 4.98 Å². The Labute approximate surface area is 114 Å². The summed E-state index contributed by atoms with van der Waals surface area (Å²) in [4.78, 5) is 19.9. The van der Waals surface area contributed by atoms with Crippen LogP contribution in [0.4, 0.5) is 0 Å². The van der Waals surface area contributed by atoms with Crippen molar-refractivity contribution >= 4 is 33.8 Å². The molecule has 1 aliphatic rings. The fourth-order valence-corrected chi connectivity index (χ4v) is 4.15. The Balaban J connectivity index is 1.71. The van der Waals surface area contributed by atoms with E-state index in [1.54, 1.807) is 11.3 Å². The number of Topliss-reactive ketones (excluding diaryl/α,β-unsaturated/α-hetero) is 1. The molecule has 3 heterocycles. The maximum Gasteiger partial charge on any atom is 0.193 e. The van der Waals surface area contributed by atoms with Crippen LogP contribution in [-0.2, 0) is 11.2 Å². The maximum atomic E-state index is 12.3. The van der Waals surface area contributed by atoms with E-state index in [0.717, 1.165) is 28.7 Å². The van der Waals surface area contributed by atoms with Crippen molar-refractivity contribution in [2.45, 2.75) is 12.5 Å². The number of thiazole rings is 1. The van der Waals surface area contributed by atoms with Crippen LogP contribution in [0.15, 0.2) is 17.8 Å². The number of nitrogens with zero attached hydrogens (tertiary/aromatic N) is 3. The molecule has 0 bridgehead atoms. The van der Waals surface area contributed by atoms with Gasteiger partial charge in [0.25, 0.3) is 0 Å². The normalized spacial score (nSPS) is 21.5. The molecule has 1 saturated heterocycles. The molecular weight excluding hydrogens is 266 g/mol. The van der Waals surface area contributed by atoms with Crippen LogP contribution in [0.5, 0.6) is 0 Å². The Hall–Kier alpha value is -0.850. The molecule has 0 aliphatic carbocycles. The van der Waals surface area contributed by atoms with Gasteiger partial charge >= 0.3 is 0 Å². The highest BCUT2D eigenvalue weighted by Gasteiger charge is 2.26. The molecule has 3 rings (SSSR count). The molecule has 1 unspecified atom stereocenters. The minimum absolute atomic E-state index is 0.0588. The smallest absolute Gasteiger partial charge is 0.193 e. The van der Waals surface area contributed by atoms with E-state index in [1.165, 1.54) is 0 Å². The molecule has 0 aromatic carbocycles. The van der Waals surface area contributed by atoms with Gasteiger partial charge in [0.1, 0.15) is 0 Å². The second kappa shape index (κ2) is 5.03. The predicted molar refractivity (Wildman–Crippen MR) is 75.5 cm³/mol. The van der Waals surface area contributed by atoms with Crippen LogP contribution in [0.3, 0.4) is 0 Å². The number of aromatic nitrogens is 2. The molecular formula is C12H15N3OS2. The molecule has 2 aromatic heterocycles. The Morgan fingerprint density at radius 3 is 3.28 bits per heavy atom. The topological polar surface area (TPSA) is 37.6 Å². The first-order valence-electron chi connectivity index (χ1n) is 5.96. The van der Waals surface area contributed by atoms with Crippen LogP contribution < -0.4 is 0 Å². The number of imidazole rings is 1. The zero-order valence-electron chi connectivity index (χ0n) is 10.2. The van der Waals surface area contributed by atoms with Gasteiger partial charge in [-0.05, 0) is 7.05 Å². The summed E-state index contributed by atoms with van der Waals surface area (Å²) in [5.74, 6) is 2.33. The van der Waals surface area contributed by atoms with Crippen molar-refractivity contribution in [1.82, 2.24) is 14.3 Å². The summed E-state index contributed by atoms with van der Waals surface area (Å²) in [7, 11) is 2.04. The van der Waals surface area contributed by atoms with Crippen LogP contribution in [0.2, 0.25) is 0 Å². The first kappa shape index (κ1) is 12.2. The maximum absolute atomic E-state index is 12.3. The summed E-state index contributed by atoms with van der Waals surface area (Å²) in [5.41, 5.74) is 0.885. The highest BCUT2D eigenvalue weighted by atomic mass is 32.2. The van der Waals surface area contributed by atoms with E-state index in [9.17, 15) is 4.79 Å². The molecule has 18 heavy (non-hydrogen) atoms. The lowest BCUT2D eigenvalue weighted by Crippen LogP contribution is -2.45. The highest BCUT2D eigenvalue weighted by molar-refractivity contribution is 7.99. The third kappa shape index (κ3) is 2.32. The summed E-state index contributed by atoms with van der Waals surface area (Å²) in [6.45, 7) is 0.999. The average molecular weight is 281 g/mol. The quantitative estimate of drug-likeness (QED) is 0.855. The zero-order chi connectivity index (χ0) is 12.5. The van der Waals surface area contributed by atoms with Gasteiger partial charge in [-0.3, -0.25) is 14.1 Å². The van der Waals surface area contributed by atoms with Gasteiger partial charge in [0.05, 0.1) is 18.2 Å². The van der Waals surface area contributed by atoms with Crippen LogP contribution in [0, 0.1) is 0 Å². The van der Waals surface area contributed by atoms with Crippen molar-refractivity contribution < 1.29 is 4.79 Å². The first-order valence-corrected chi connectivity index (χ1v) is 7.99. The SMILES string of the molecule is CN1CCSCC1C(=O)Cc1cn2ccsc2n1. The monoisotopic (exact) mass is 281 g/mol. The summed E-state index contributed by atoms with van der Waals surface area (Å²) >= 11 is 3.46. The molecule has 0 spiro atoms. The number of hydrogen-bond donors (Lipinski definition) is 0. The number of thioether (sulfide) groups is 1. The summed E-state index contributed by atoms with van der Waals surface area (Å²) < 4.78 is 1.98. The average Bonchev–Trinajstić information content (AvgIpc) is 2.90. The zero-order valence-corrected chi connectivity index (χ0v) is 11.8. The minimum atomic E-state index is 0.0588. The second-order valence-corrected chi connectivity index (χ2v) is 6.56. The minimum Gasteiger partial charge on any atom is -0.297 e. The van der Waals surface area contributed by atoms with E-state index in [-0.39, 0.29) is 11.8 Å². The van der Waals surface area contributed by atoms with E-state index < -0.39 is 0 Å². The molecule has 2 aromatic rings. The van der Waals surface area contributed by atoms with Crippen molar-refractivity contribution in [2.75, 3.05) is 25.1 Å². The Morgan fingerprint density at radius 2 is 2.50 bits per heavy atom. The molecule has 0 amide bonds. The lowest BCUT2D eigenvalue weighted by atomic mass is 10.1. The van der Waals surface area contributed by atoms with Gasteiger partial charge in [0, 0.05) is 35.8 Å². The van der Waals surface area contributed by atoms with E-state index in [1.807, 2.05) is 41.0 Å². The predicted octanol–water partition coefficient (Wildman–Crippen LogP) is 1.55. The number of rotatable bonds is 3. The van der Waals surface area contributed by atoms with Crippen LogP contribution in [-0.4, -0.2) is 51.2 Å².